The molecule has 0 unspecified atom stereocenters. The summed E-state index contributed by atoms with van der Waals surface area (Å²) in [5, 5.41) is 5.19. The molecule has 0 radical (unpaired) electrons. The van der Waals surface area contributed by atoms with Gasteiger partial charge in [0.25, 0.3) is 5.91 Å². The number of carbonyl (C=O) groups is 1. The number of hydrogen-bond acceptors (Lipinski definition) is 5. The van der Waals surface area contributed by atoms with Crippen molar-refractivity contribution in [3.05, 3.63) is 95.0 Å². The summed E-state index contributed by atoms with van der Waals surface area (Å²) in [6.07, 6.45) is 1.48. The van der Waals surface area contributed by atoms with Crippen molar-refractivity contribution < 1.29 is 18.7 Å². The Morgan fingerprint density at radius 3 is 2.55 bits per heavy atom. The van der Waals surface area contributed by atoms with Gasteiger partial charge in [-0.3, -0.25) is 4.79 Å². The van der Waals surface area contributed by atoms with Crippen molar-refractivity contribution in [2.75, 3.05) is 20.3 Å². The number of carbonyl (C=O) groups excluding carboxylic acids is 1. The van der Waals surface area contributed by atoms with Gasteiger partial charge in [0.1, 0.15) is 5.75 Å². The minimum absolute atomic E-state index is 0.243. The quantitative estimate of drug-likeness (QED) is 0.326. The van der Waals surface area contributed by atoms with Crippen molar-refractivity contribution in [1.82, 2.24) is 14.7 Å². The van der Waals surface area contributed by atoms with Gasteiger partial charge in [0, 0.05) is 13.7 Å². The highest BCUT2D eigenvalue weighted by molar-refractivity contribution is 6.32. The van der Waals surface area contributed by atoms with Gasteiger partial charge in [-0.15, -0.1) is 0 Å². The first kappa shape index (κ1) is 22.6. The average molecular weight is 466 g/mol. The molecule has 4 aromatic rings. The maximum atomic E-state index is 13.1. The number of hydrogen-bond donors (Lipinski definition) is 0. The summed E-state index contributed by atoms with van der Waals surface area (Å²) < 4.78 is 18.6. The van der Waals surface area contributed by atoms with Gasteiger partial charge in [0.05, 0.1) is 41.4 Å². The largest absolute Gasteiger partial charge is 0.459 e. The zero-order valence-corrected chi connectivity index (χ0v) is 19.2. The monoisotopic (exact) mass is 465 g/mol. The van der Waals surface area contributed by atoms with E-state index in [0.29, 0.717) is 29.8 Å². The van der Waals surface area contributed by atoms with Crippen LogP contribution in [0.4, 0.5) is 0 Å². The van der Waals surface area contributed by atoms with Gasteiger partial charge in [0.15, 0.2) is 5.76 Å². The number of furan rings is 1. The molecule has 170 valence electrons. The van der Waals surface area contributed by atoms with E-state index >= 15 is 0 Å². The third-order valence-corrected chi connectivity index (χ3v) is 5.43. The molecular formula is C25H24ClN3O4. The molecule has 1 amide bonds. The van der Waals surface area contributed by atoms with E-state index in [4.69, 9.17) is 30.6 Å². The topological polar surface area (TPSA) is 69.7 Å². The number of rotatable bonds is 9. The Morgan fingerprint density at radius 1 is 1.09 bits per heavy atom. The first-order valence-electron chi connectivity index (χ1n) is 10.5. The van der Waals surface area contributed by atoms with E-state index < -0.39 is 0 Å². The van der Waals surface area contributed by atoms with Crippen LogP contribution in [0.1, 0.15) is 21.8 Å². The summed E-state index contributed by atoms with van der Waals surface area (Å²) in [6.45, 7) is 2.89. The van der Waals surface area contributed by atoms with Crippen LogP contribution in [-0.2, 0) is 11.3 Å². The van der Waals surface area contributed by atoms with Crippen LogP contribution < -0.4 is 4.74 Å². The molecule has 0 bridgehead atoms. The molecule has 2 heterocycles. The fourth-order valence-corrected chi connectivity index (χ4v) is 3.58. The van der Waals surface area contributed by atoms with Crippen molar-refractivity contribution in [1.29, 1.82) is 0 Å². The standard InChI is InChI=1S/C25H24ClN3O4/c1-18-20(17-28(14-16-31-2)24(30)23-13-8-15-32-23)25(33-22-12-7-6-11-21(22)26)29(27-18)19-9-4-3-5-10-19/h3-13,15H,14,16-17H2,1-2H3. The number of ether oxygens (including phenoxy) is 2. The van der Waals surface area contributed by atoms with E-state index in [0.717, 1.165) is 16.9 Å². The maximum absolute atomic E-state index is 13.1. The maximum Gasteiger partial charge on any atom is 0.289 e. The summed E-state index contributed by atoms with van der Waals surface area (Å²) in [5.74, 6) is 1.00. The first-order chi connectivity index (χ1) is 16.1. The molecule has 0 saturated carbocycles. The van der Waals surface area contributed by atoms with Crippen LogP contribution in [0.15, 0.2) is 77.4 Å². The minimum Gasteiger partial charge on any atom is -0.459 e. The fourth-order valence-electron chi connectivity index (χ4n) is 3.40. The number of amides is 1. The summed E-state index contributed by atoms with van der Waals surface area (Å²) >= 11 is 6.38. The molecule has 0 N–H and O–H groups in total. The van der Waals surface area contributed by atoms with Crippen molar-refractivity contribution in [2.24, 2.45) is 0 Å². The molecular weight excluding hydrogens is 442 g/mol. The molecule has 0 aliphatic rings. The van der Waals surface area contributed by atoms with E-state index in [1.165, 1.54) is 6.26 Å². The number of halogens is 1. The van der Waals surface area contributed by atoms with Gasteiger partial charge < -0.3 is 18.8 Å². The van der Waals surface area contributed by atoms with Gasteiger partial charge in [-0.25, -0.2) is 4.68 Å². The van der Waals surface area contributed by atoms with E-state index in [-0.39, 0.29) is 18.2 Å². The highest BCUT2D eigenvalue weighted by atomic mass is 35.5. The lowest BCUT2D eigenvalue weighted by Crippen LogP contribution is -2.33. The second kappa shape index (κ2) is 10.4. The minimum atomic E-state index is -0.243. The summed E-state index contributed by atoms with van der Waals surface area (Å²) in [5.41, 5.74) is 2.32. The lowest BCUT2D eigenvalue weighted by atomic mass is 10.2. The first-order valence-corrected chi connectivity index (χ1v) is 10.8. The Hall–Kier alpha value is -3.55. The molecule has 0 spiro atoms. The second-order valence-corrected chi connectivity index (χ2v) is 7.75. The van der Waals surface area contributed by atoms with Crippen LogP contribution in [0, 0.1) is 6.92 Å². The van der Waals surface area contributed by atoms with Crippen LogP contribution in [-0.4, -0.2) is 40.8 Å². The Bertz CT molecular complexity index is 1210. The highest BCUT2D eigenvalue weighted by Crippen LogP contribution is 2.35. The van der Waals surface area contributed by atoms with Crippen molar-refractivity contribution in [3.8, 4) is 17.3 Å². The van der Waals surface area contributed by atoms with Gasteiger partial charge in [-0.2, -0.15) is 5.10 Å². The number of aryl methyl sites for hydroxylation is 1. The van der Waals surface area contributed by atoms with Crippen molar-refractivity contribution in [3.63, 3.8) is 0 Å². The van der Waals surface area contributed by atoms with E-state index in [9.17, 15) is 4.79 Å². The Balaban J connectivity index is 1.76. The predicted molar refractivity (Wildman–Crippen MR) is 125 cm³/mol. The second-order valence-electron chi connectivity index (χ2n) is 7.35. The Morgan fingerprint density at radius 2 is 1.85 bits per heavy atom. The molecule has 33 heavy (non-hydrogen) atoms. The molecule has 2 aromatic carbocycles. The number of para-hydroxylation sites is 2. The lowest BCUT2D eigenvalue weighted by molar-refractivity contribution is 0.0648. The van der Waals surface area contributed by atoms with Gasteiger partial charge >= 0.3 is 0 Å². The van der Waals surface area contributed by atoms with E-state index in [2.05, 4.69) is 0 Å². The predicted octanol–water partition coefficient (Wildman–Crippen LogP) is 5.51. The smallest absolute Gasteiger partial charge is 0.289 e. The van der Waals surface area contributed by atoms with Crippen LogP contribution in [0.5, 0.6) is 11.6 Å². The molecule has 0 aliphatic carbocycles. The molecule has 0 fully saturated rings. The SMILES string of the molecule is COCCN(Cc1c(C)nn(-c2ccccc2)c1Oc1ccccc1Cl)C(=O)c1ccco1. The molecule has 2 aromatic heterocycles. The van der Waals surface area contributed by atoms with E-state index in [1.54, 1.807) is 41.0 Å². The van der Waals surface area contributed by atoms with Crippen LogP contribution in [0.25, 0.3) is 5.69 Å². The van der Waals surface area contributed by atoms with Crippen molar-refractivity contribution >= 4 is 17.5 Å². The van der Waals surface area contributed by atoms with Gasteiger partial charge in [0.2, 0.25) is 5.88 Å². The highest BCUT2D eigenvalue weighted by Gasteiger charge is 2.25. The Labute approximate surface area is 197 Å². The number of methoxy groups -OCH3 is 1. The van der Waals surface area contributed by atoms with Crippen LogP contribution in [0.3, 0.4) is 0 Å². The molecule has 0 aliphatic heterocycles. The number of nitrogens with zero attached hydrogens (tertiary/aromatic N) is 3. The van der Waals surface area contributed by atoms with Crippen LogP contribution in [0.2, 0.25) is 5.02 Å². The summed E-state index contributed by atoms with van der Waals surface area (Å²) in [7, 11) is 1.60. The average Bonchev–Trinajstić information content (AvgIpc) is 3.47. The lowest BCUT2D eigenvalue weighted by Gasteiger charge is -2.22. The zero-order chi connectivity index (χ0) is 23.2. The fraction of sp³-hybridized carbons (Fsp3) is 0.200. The van der Waals surface area contributed by atoms with Gasteiger partial charge in [-0.05, 0) is 43.3 Å². The zero-order valence-electron chi connectivity index (χ0n) is 18.4. The van der Waals surface area contributed by atoms with Crippen molar-refractivity contribution in [2.45, 2.75) is 13.5 Å². The summed E-state index contributed by atoms with van der Waals surface area (Å²) in [4.78, 5) is 14.8. The molecule has 4 rings (SSSR count). The molecule has 0 atom stereocenters. The van der Waals surface area contributed by atoms with Crippen LogP contribution >= 0.6 is 11.6 Å². The number of benzene rings is 2. The molecule has 8 heteroatoms. The normalized spacial score (nSPS) is 10.9. The molecule has 0 saturated heterocycles. The van der Waals surface area contributed by atoms with E-state index in [1.807, 2.05) is 49.4 Å². The van der Waals surface area contributed by atoms with Gasteiger partial charge in [-0.1, -0.05) is 41.9 Å². The number of aromatic nitrogens is 2. The Kier molecular flexibility index (Phi) is 7.12. The molecule has 7 nitrogen and oxygen atoms in total. The third-order valence-electron chi connectivity index (χ3n) is 5.11. The summed E-state index contributed by atoms with van der Waals surface area (Å²) in [6, 6.07) is 20.2. The third kappa shape index (κ3) is 5.10.